The van der Waals surface area contributed by atoms with Gasteiger partial charge in [0.2, 0.25) is 11.8 Å². The van der Waals surface area contributed by atoms with Crippen LogP contribution in [0.5, 0.6) is 0 Å². The van der Waals surface area contributed by atoms with E-state index in [1.807, 2.05) is 44.2 Å². The molecule has 0 aliphatic rings. The van der Waals surface area contributed by atoms with Crippen molar-refractivity contribution in [1.82, 2.24) is 10.2 Å². The number of nitrogens with one attached hydrogen (secondary N) is 1. The Morgan fingerprint density at radius 3 is 2.13 bits per heavy atom. The summed E-state index contributed by atoms with van der Waals surface area (Å²) >= 11 is 12.5. The van der Waals surface area contributed by atoms with Gasteiger partial charge in [-0.25, -0.2) is 8.42 Å². The Balaban J connectivity index is 2.06. The lowest BCUT2D eigenvalue weighted by molar-refractivity contribution is -0.140. The lowest BCUT2D eigenvalue weighted by atomic mass is 10.1. The van der Waals surface area contributed by atoms with Gasteiger partial charge in [0.15, 0.2) is 0 Å². The minimum Gasteiger partial charge on any atom is -0.354 e. The fourth-order valence-corrected chi connectivity index (χ4v) is 6.00. The van der Waals surface area contributed by atoms with Crippen molar-refractivity contribution >= 4 is 50.7 Å². The van der Waals surface area contributed by atoms with E-state index in [1.165, 1.54) is 35.2 Å². The number of rotatable bonds is 12. The summed E-state index contributed by atoms with van der Waals surface area (Å²) < 4.78 is 28.5. The molecule has 0 radical (unpaired) electrons. The highest BCUT2D eigenvalue weighted by atomic mass is 35.5. The van der Waals surface area contributed by atoms with Gasteiger partial charge in [0.05, 0.1) is 15.6 Å². The molecule has 0 fully saturated rings. The zero-order valence-electron chi connectivity index (χ0n) is 21.3. The molecule has 202 valence electrons. The molecule has 38 heavy (non-hydrogen) atoms. The van der Waals surface area contributed by atoms with Crippen LogP contribution in [0.3, 0.4) is 0 Å². The second kappa shape index (κ2) is 13.6. The highest BCUT2D eigenvalue weighted by Crippen LogP contribution is 2.33. The Morgan fingerprint density at radius 2 is 1.55 bits per heavy atom. The topological polar surface area (TPSA) is 86.8 Å². The average Bonchev–Trinajstić information content (AvgIpc) is 2.91. The molecule has 0 saturated heterocycles. The molecule has 0 aliphatic heterocycles. The zero-order valence-corrected chi connectivity index (χ0v) is 23.6. The molecule has 10 heteroatoms. The van der Waals surface area contributed by atoms with Gasteiger partial charge in [0.1, 0.15) is 12.6 Å². The van der Waals surface area contributed by atoms with E-state index < -0.39 is 28.5 Å². The molecule has 3 aromatic carbocycles. The van der Waals surface area contributed by atoms with Gasteiger partial charge in [-0.1, -0.05) is 85.6 Å². The Bertz CT molecular complexity index is 1340. The van der Waals surface area contributed by atoms with E-state index in [-0.39, 0.29) is 28.1 Å². The van der Waals surface area contributed by atoms with Gasteiger partial charge >= 0.3 is 0 Å². The third-order valence-electron chi connectivity index (χ3n) is 5.92. The fourth-order valence-electron chi connectivity index (χ4n) is 3.98. The number of sulfonamides is 1. The summed E-state index contributed by atoms with van der Waals surface area (Å²) in [6.45, 7) is 3.79. The Hall–Kier alpha value is -3.07. The van der Waals surface area contributed by atoms with Crippen molar-refractivity contribution in [3.05, 3.63) is 94.5 Å². The molecule has 7 nitrogen and oxygen atoms in total. The van der Waals surface area contributed by atoms with E-state index in [0.717, 1.165) is 16.3 Å². The smallest absolute Gasteiger partial charge is 0.264 e. The predicted octanol–water partition coefficient (Wildman–Crippen LogP) is 5.52. The van der Waals surface area contributed by atoms with E-state index in [2.05, 4.69) is 5.32 Å². The molecule has 1 atom stereocenters. The van der Waals surface area contributed by atoms with Gasteiger partial charge in [-0.2, -0.15) is 0 Å². The van der Waals surface area contributed by atoms with Crippen molar-refractivity contribution in [2.45, 2.75) is 44.2 Å². The van der Waals surface area contributed by atoms with Gasteiger partial charge in [0, 0.05) is 18.1 Å². The van der Waals surface area contributed by atoms with E-state index in [1.54, 1.807) is 18.2 Å². The van der Waals surface area contributed by atoms with Crippen LogP contribution in [0, 0.1) is 0 Å². The minimum absolute atomic E-state index is 0.00107. The zero-order chi connectivity index (χ0) is 27.7. The molecule has 3 aromatic rings. The quantitative estimate of drug-likeness (QED) is 0.308. The molecule has 1 unspecified atom stereocenters. The number of carbonyl (C=O) groups excluding carboxylic acids is 2. The molecule has 0 aromatic heterocycles. The van der Waals surface area contributed by atoms with Crippen LogP contribution in [0.25, 0.3) is 0 Å². The lowest BCUT2D eigenvalue weighted by Crippen LogP contribution is -2.52. The number of anilines is 1. The third-order valence-corrected chi connectivity index (χ3v) is 8.23. The second-order valence-electron chi connectivity index (χ2n) is 8.64. The maximum absolute atomic E-state index is 13.9. The van der Waals surface area contributed by atoms with Crippen molar-refractivity contribution in [1.29, 1.82) is 0 Å². The SMILES string of the molecule is CCCNC(=O)C(CC)N(Cc1ccccc1)C(=O)CN(c1ccc(Cl)cc1Cl)S(=O)(=O)c1ccccc1. The average molecular weight is 577 g/mol. The Labute approximate surface area is 234 Å². The van der Waals surface area contributed by atoms with E-state index in [4.69, 9.17) is 23.2 Å². The molecular formula is C28H31Cl2N3O4S. The monoisotopic (exact) mass is 575 g/mol. The summed E-state index contributed by atoms with van der Waals surface area (Å²) in [5, 5.41) is 3.26. The molecule has 0 spiro atoms. The van der Waals surface area contributed by atoms with Crippen LogP contribution in [0.4, 0.5) is 5.69 Å². The highest BCUT2D eigenvalue weighted by Gasteiger charge is 2.34. The fraction of sp³-hybridized carbons (Fsp3) is 0.286. The van der Waals surface area contributed by atoms with Gasteiger partial charge in [-0.05, 0) is 48.7 Å². The maximum Gasteiger partial charge on any atom is 0.264 e. The molecule has 1 N–H and O–H groups in total. The number of nitrogens with zero attached hydrogens (tertiary/aromatic N) is 2. The van der Waals surface area contributed by atoms with E-state index >= 15 is 0 Å². The molecular weight excluding hydrogens is 545 g/mol. The van der Waals surface area contributed by atoms with Crippen molar-refractivity contribution in [3.63, 3.8) is 0 Å². The van der Waals surface area contributed by atoms with Gasteiger partial charge in [-0.15, -0.1) is 0 Å². The van der Waals surface area contributed by atoms with Crippen LogP contribution in [0.2, 0.25) is 10.0 Å². The summed E-state index contributed by atoms with van der Waals surface area (Å²) in [5.74, 6) is -0.835. The van der Waals surface area contributed by atoms with Crippen molar-refractivity contribution in [2.24, 2.45) is 0 Å². The van der Waals surface area contributed by atoms with Crippen LogP contribution in [0.1, 0.15) is 32.3 Å². The first-order valence-electron chi connectivity index (χ1n) is 12.3. The first kappa shape index (κ1) is 29.5. The van der Waals surface area contributed by atoms with Gasteiger partial charge < -0.3 is 10.2 Å². The Morgan fingerprint density at radius 1 is 0.921 bits per heavy atom. The summed E-state index contributed by atoms with van der Waals surface area (Å²) in [7, 11) is -4.20. The largest absolute Gasteiger partial charge is 0.354 e. The van der Waals surface area contributed by atoms with Crippen LogP contribution < -0.4 is 9.62 Å². The first-order chi connectivity index (χ1) is 18.2. The molecule has 0 bridgehead atoms. The molecule has 0 aliphatic carbocycles. The summed E-state index contributed by atoms with van der Waals surface area (Å²) in [6.07, 6.45) is 1.09. The molecule has 3 rings (SSSR count). The molecule has 2 amide bonds. The number of hydrogen-bond acceptors (Lipinski definition) is 4. The number of carbonyl (C=O) groups is 2. The van der Waals surface area contributed by atoms with Crippen LogP contribution >= 0.6 is 23.2 Å². The number of amides is 2. The van der Waals surface area contributed by atoms with Gasteiger partial charge in [0.25, 0.3) is 10.0 Å². The van der Waals surface area contributed by atoms with E-state index in [9.17, 15) is 18.0 Å². The molecule has 0 saturated carbocycles. The number of halogens is 2. The van der Waals surface area contributed by atoms with Gasteiger partial charge in [-0.3, -0.25) is 13.9 Å². The highest BCUT2D eigenvalue weighted by molar-refractivity contribution is 7.92. The summed E-state index contributed by atoms with van der Waals surface area (Å²) in [4.78, 5) is 28.4. The second-order valence-corrected chi connectivity index (χ2v) is 11.3. The lowest BCUT2D eigenvalue weighted by Gasteiger charge is -2.33. The van der Waals surface area contributed by atoms with Crippen LogP contribution in [-0.4, -0.2) is 44.3 Å². The number of hydrogen-bond donors (Lipinski definition) is 1. The predicted molar refractivity (Wildman–Crippen MR) is 152 cm³/mol. The van der Waals surface area contributed by atoms with Crippen LogP contribution in [0.15, 0.2) is 83.8 Å². The summed E-state index contributed by atoms with van der Waals surface area (Å²) in [6, 6.07) is 20.7. The third kappa shape index (κ3) is 7.28. The maximum atomic E-state index is 13.9. The summed E-state index contributed by atoms with van der Waals surface area (Å²) in [5.41, 5.74) is 0.918. The molecule has 0 heterocycles. The minimum atomic E-state index is -4.20. The van der Waals surface area contributed by atoms with Crippen molar-refractivity contribution in [3.8, 4) is 0 Å². The Kier molecular flexibility index (Phi) is 10.6. The van der Waals surface area contributed by atoms with Crippen LogP contribution in [-0.2, 0) is 26.2 Å². The van der Waals surface area contributed by atoms with E-state index in [0.29, 0.717) is 18.0 Å². The number of benzene rings is 3. The van der Waals surface area contributed by atoms with Crippen molar-refractivity contribution < 1.29 is 18.0 Å². The standard InChI is InChI=1S/C28H31Cl2N3O4S/c1-3-17-31-28(35)25(4-2)32(19-21-11-7-5-8-12-21)27(34)20-33(26-16-15-22(29)18-24(26)30)38(36,37)23-13-9-6-10-14-23/h5-16,18,25H,3-4,17,19-20H2,1-2H3,(H,31,35). The first-order valence-corrected chi connectivity index (χ1v) is 14.5. The normalized spacial score (nSPS) is 12.0. The van der Waals surface area contributed by atoms with Crippen molar-refractivity contribution in [2.75, 3.05) is 17.4 Å².